The van der Waals surface area contributed by atoms with Crippen LogP contribution in [-0.4, -0.2) is 31.2 Å². The van der Waals surface area contributed by atoms with Gasteiger partial charge >= 0.3 is 0 Å². The van der Waals surface area contributed by atoms with Crippen molar-refractivity contribution < 1.29 is 0 Å². The number of anilines is 2. The minimum atomic E-state index is 0.235. The number of rotatable bonds is 4. The summed E-state index contributed by atoms with van der Waals surface area (Å²) < 4.78 is 0. The number of hydrogen-bond acceptors (Lipinski definition) is 4. The van der Waals surface area contributed by atoms with E-state index in [-0.39, 0.29) is 6.04 Å². The third-order valence-corrected chi connectivity index (χ3v) is 5.69. The molecule has 4 heteroatoms. The van der Waals surface area contributed by atoms with Gasteiger partial charge in [-0.15, -0.1) is 0 Å². The average Bonchev–Trinajstić information content (AvgIpc) is 2.70. The van der Waals surface area contributed by atoms with E-state index in [2.05, 4.69) is 83.8 Å². The molecule has 2 aromatic carbocycles. The maximum absolute atomic E-state index is 4.57. The number of aryl methyl sites for hydroxylation is 1. The number of hydrogen-bond donors (Lipinski definition) is 2. The summed E-state index contributed by atoms with van der Waals surface area (Å²) in [6, 6.07) is 15.5. The number of pyridine rings is 1. The van der Waals surface area contributed by atoms with Gasteiger partial charge in [0.05, 0.1) is 5.52 Å². The molecule has 140 valence electrons. The quantitative estimate of drug-likeness (QED) is 0.722. The van der Waals surface area contributed by atoms with Crippen LogP contribution < -0.4 is 15.5 Å². The van der Waals surface area contributed by atoms with E-state index in [1.165, 1.54) is 27.8 Å². The van der Waals surface area contributed by atoms with Crippen molar-refractivity contribution in [2.24, 2.45) is 0 Å². The molecule has 0 bridgehead atoms. The Labute approximate surface area is 161 Å². The predicted octanol–water partition coefficient (Wildman–Crippen LogP) is 4.43. The summed E-state index contributed by atoms with van der Waals surface area (Å²) in [5.74, 6) is 0. The molecule has 3 aromatic rings. The van der Waals surface area contributed by atoms with Gasteiger partial charge in [-0.25, -0.2) is 0 Å². The van der Waals surface area contributed by atoms with E-state index >= 15 is 0 Å². The molecule has 27 heavy (non-hydrogen) atoms. The lowest BCUT2D eigenvalue weighted by molar-refractivity contribution is 0.589. The normalized spacial score (nSPS) is 15.7. The molecule has 4 rings (SSSR count). The molecule has 1 saturated heterocycles. The van der Waals surface area contributed by atoms with Crippen LogP contribution in [0.4, 0.5) is 11.4 Å². The highest BCUT2D eigenvalue weighted by molar-refractivity contribution is 5.93. The molecule has 1 aromatic heterocycles. The largest absolute Gasteiger partial charge is 0.378 e. The van der Waals surface area contributed by atoms with Gasteiger partial charge in [0.15, 0.2) is 0 Å². The van der Waals surface area contributed by atoms with E-state index in [4.69, 9.17) is 0 Å². The number of nitrogens with one attached hydrogen (secondary N) is 2. The summed E-state index contributed by atoms with van der Waals surface area (Å²) in [6.45, 7) is 10.8. The third-order valence-electron chi connectivity index (χ3n) is 5.69. The SMILES string of the molecule is Cc1cccc([C@@H](C)Nc2ccnc3ccc(N4CCNCC4)cc23)c1C. The number of aromatic nitrogens is 1. The first kappa shape index (κ1) is 17.8. The van der Waals surface area contributed by atoms with Crippen molar-refractivity contribution in [2.45, 2.75) is 26.8 Å². The molecule has 1 aliphatic rings. The third kappa shape index (κ3) is 3.62. The van der Waals surface area contributed by atoms with Crippen LogP contribution in [0.3, 0.4) is 0 Å². The van der Waals surface area contributed by atoms with E-state index < -0.39 is 0 Å². The Morgan fingerprint density at radius 2 is 1.89 bits per heavy atom. The van der Waals surface area contributed by atoms with Gasteiger partial charge in [0.25, 0.3) is 0 Å². The van der Waals surface area contributed by atoms with E-state index in [0.29, 0.717) is 0 Å². The average molecular weight is 361 g/mol. The van der Waals surface area contributed by atoms with Crippen molar-refractivity contribution in [3.05, 3.63) is 65.4 Å². The number of benzene rings is 2. The summed E-state index contributed by atoms with van der Waals surface area (Å²) in [5.41, 5.74) is 7.49. The highest BCUT2D eigenvalue weighted by Gasteiger charge is 2.14. The lowest BCUT2D eigenvalue weighted by Crippen LogP contribution is -2.43. The van der Waals surface area contributed by atoms with Gasteiger partial charge in [-0.05, 0) is 61.7 Å². The van der Waals surface area contributed by atoms with Crippen LogP contribution in [0.25, 0.3) is 10.9 Å². The molecule has 1 atom stereocenters. The molecular formula is C23H28N4. The molecule has 0 unspecified atom stereocenters. The minimum Gasteiger partial charge on any atom is -0.378 e. The smallest absolute Gasteiger partial charge is 0.0724 e. The predicted molar refractivity (Wildman–Crippen MR) is 115 cm³/mol. The summed E-state index contributed by atoms with van der Waals surface area (Å²) in [4.78, 5) is 7.01. The van der Waals surface area contributed by atoms with Crippen molar-refractivity contribution >= 4 is 22.3 Å². The van der Waals surface area contributed by atoms with E-state index in [1.54, 1.807) is 0 Å². The number of piperazine rings is 1. The second-order valence-electron chi connectivity index (χ2n) is 7.45. The van der Waals surface area contributed by atoms with E-state index in [9.17, 15) is 0 Å². The van der Waals surface area contributed by atoms with Crippen molar-refractivity contribution in [2.75, 3.05) is 36.4 Å². The summed E-state index contributed by atoms with van der Waals surface area (Å²) >= 11 is 0. The fraction of sp³-hybridized carbons (Fsp3) is 0.348. The number of nitrogens with zero attached hydrogens (tertiary/aromatic N) is 2. The highest BCUT2D eigenvalue weighted by atomic mass is 15.2. The molecule has 1 fully saturated rings. The van der Waals surface area contributed by atoms with Gasteiger partial charge < -0.3 is 15.5 Å². The Morgan fingerprint density at radius 3 is 2.70 bits per heavy atom. The first-order valence-corrected chi connectivity index (χ1v) is 9.80. The van der Waals surface area contributed by atoms with E-state index in [0.717, 1.165) is 37.4 Å². The van der Waals surface area contributed by atoms with Crippen molar-refractivity contribution in [1.82, 2.24) is 10.3 Å². The molecule has 0 aliphatic carbocycles. The molecule has 0 spiro atoms. The molecule has 0 amide bonds. The molecular weight excluding hydrogens is 332 g/mol. The van der Waals surface area contributed by atoms with Crippen LogP contribution in [0.5, 0.6) is 0 Å². The van der Waals surface area contributed by atoms with Gasteiger partial charge in [0, 0.05) is 55.2 Å². The second kappa shape index (κ2) is 7.57. The van der Waals surface area contributed by atoms with Gasteiger partial charge in [-0.2, -0.15) is 0 Å². The Morgan fingerprint density at radius 1 is 1.07 bits per heavy atom. The lowest BCUT2D eigenvalue weighted by Gasteiger charge is -2.29. The first-order valence-electron chi connectivity index (χ1n) is 9.80. The highest BCUT2D eigenvalue weighted by Crippen LogP contribution is 2.30. The monoisotopic (exact) mass is 360 g/mol. The standard InChI is InChI=1S/C23H28N4/c1-16-5-4-6-20(17(16)2)18(3)26-23-9-10-25-22-8-7-19(15-21(22)23)27-13-11-24-12-14-27/h4-10,15,18,24H,11-14H2,1-3H3,(H,25,26)/t18-/m1/s1. The minimum absolute atomic E-state index is 0.235. The fourth-order valence-corrected chi connectivity index (χ4v) is 3.93. The molecule has 2 N–H and O–H groups in total. The van der Waals surface area contributed by atoms with Crippen LogP contribution in [0, 0.1) is 13.8 Å². The molecule has 0 radical (unpaired) electrons. The summed E-state index contributed by atoms with van der Waals surface area (Å²) in [6.07, 6.45) is 1.89. The van der Waals surface area contributed by atoms with Crippen LogP contribution in [-0.2, 0) is 0 Å². The molecule has 2 heterocycles. The molecule has 4 nitrogen and oxygen atoms in total. The topological polar surface area (TPSA) is 40.2 Å². The van der Waals surface area contributed by atoms with Crippen molar-refractivity contribution in [1.29, 1.82) is 0 Å². The van der Waals surface area contributed by atoms with Gasteiger partial charge in [0.1, 0.15) is 0 Å². The Kier molecular flexibility index (Phi) is 4.99. The van der Waals surface area contributed by atoms with Gasteiger partial charge in [-0.1, -0.05) is 18.2 Å². The van der Waals surface area contributed by atoms with E-state index in [1.807, 2.05) is 6.20 Å². The van der Waals surface area contributed by atoms with Crippen molar-refractivity contribution in [3.63, 3.8) is 0 Å². The first-order chi connectivity index (χ1) is 13.1. The molecule has 1 aliphatic heterocycles. The summed E-state index contributed by atoms with van der Waals surface area (Å²) in [5, 5.41) is 8.34. The van der Waals surface area contributed by atoms with Crippen molar-refractivity contribution in [3.8, 4) is 0 Å². The lowest BCUT2D eigenvalue weighted by atomic mass is 9.98. The van der Waals surface area contributed by atoms with Crippen LogP contribution in [0.1, 0.15) is 29.7 Å². The Balaban J connectivity index is 1.67. The second-order valence-corrected chi connectivity index (χ2v) is 7.45. The number of fused-ring (bicyclic) bond motifs is 1. The maximum atomic E-state index is 4.57. The Hall–Kier alpha value is -2.59. The van der Waals surface area contributed by atoms with Crippen LogP contribution >= 0.6 is 0 Å². The zero-order valence-electron chi connectivity index (χ0n) is 16.4. The summed E-state index contributed by atoms with van der Waals surface area (Å²) in [7, 11) is 0. The Bertz CT molecular complexity index is 944. The maximum Gasteiger partial charge on any atom is 0.0724 e. The zero-order chi connectivity index (χ0) is 18.8. The van der Waals surface area contributed by atoms with Gasteiger partial charge in [0.2, 0.25) is 0 Å². The van der Waals surface area contributed by atoms with Crippen LogP contribution in [0.15, 0.2) is 48.7 Å². The van der Waals surface area contributed by atoms with Gasteiger partial charge in [-0.3, -0.25) is 4.98 Å². The van der Waals surface area contributed by atoms with Crippen LogP contribution in [0.2, 0.25) is 0 Å². The zero-order valence-corrected chi connectivity index (χ0v) is 16.4. The molecule has 0 saturated carbocycles. The fourth-order valence-electron chi connectivity index (χ4n) is 3.93.